The minimum Gasteiger partial charge on any atom is -0.478 e. The Balaban J connectivity index is 2.12. The number of nitrogens with one attached hydrogen (secondary N) is 1. The average Bonchev–Trinajstić information content (AvgIpc) is 2.43. The topological polar surface area (TPSA) is 79.3 Å². The van der Waals surface area contributed by atoms with Crippen molar-refractivity contribution in [2.45, 2.75) is 6.42 Å². The van der Waals surface area contributed by atoms with Crippen molar-refractivity contribution in [2.24, 2.45) is 0 Å². The molecule has 0 aliphatic heterocycles. The number of carboxylic acid groups (broad SMARTS) is 1. The van der Waals surface area contributed by atoms with Crippen molar-refractivity contribution in [3.8, 4) is 0 Å². The van der Waals surface area contributed by atoms with Crippen LogP contribution in [-0.2, 0) is 11.2 Å². The van der Waals surface area contributed by atoms with E-state index in [1.807, 2.05) is 0 Å². The van der Waals surface area contributed by atoms with Crippen LogP contribution >= 0.6 is 0 Å². The third kappa shape index (κ3) is 3.59. The summed E-state index contributed by atoms with van der Waals surface area (Å²) in [6, 6.07) is 4.36. The third-order valence-electron chi connectivity index (χ3n) is 2.67. The maximum absolute atomic E-state index is 13.0. The number of carboxylic acids is 1. The Morgan fingerprint density at radius 2 is 1.95 bits per heavy atom. The molecule has 1 aromatic heterocycles. The maximum Gasteiger partial charge on any atom is 0.337 e. The summed E-state index contributed by atoms with van der Waals surface area (Å²) in [5.41, 5.74) is 0.202. The van der Waals surface area contributed by atoms with E-state index in [9.17, 15) is 18.4 Å². The second-order valence-electron chi connectivity index (χ2n) is 4.20. The second kappa shape index (κ2) is 6.08. The highest BCUT2D eigenvalue weighted by Gasteiger charge is 2.13. The van der Waals surface area contributed by atoms with E-state index in [1.165, 1.54) is 24.5 Å². The Hall–Kier alpha value is -2.83. The van der Waals surface area contributed by atoms with Gasteiger partial charge in [-0.05, 0) is 23.8 Å². The van der Waals surface area contributed by atoms with Crippen LogP contribution in [0, 0.1) is 11.6 Å². The molecular weight excluding hydrogens is 282 g/mol. The van der Waals surface area contributed by atoms with Gasteiger partial charge in [0.2, 0.25) is 5.91 Å². The first-order chi connectivity index (χ1) is 9.97. The molecule has 0 radical (unpaired) electrons. The summed E-state index contributed by atoms with van der Waals surface area (Å²) in [5.74, 6) is -3.82. The maximum atomic E-state index is 13.0. The number of nitrogens with zero attached hydrogens (tertiary/aromatic N) is 1. The van der Waals surface area contributed by atoms with Gasteiger partial charge in [-0.15, -0.1) is 0 Å². The number of benzene rings is 1. The number of carbonyl (C=O) groups is 2. The number of pyridine rings is 1. The van der Waals surface area contributed by atoms with Crippen LogP contribution in [0.15, 0.2) is 36.7 Å². The molecule has 0 fully saturated rings. The summed E-state index contributed by atoms with van der Waals surface area (Å²) >= 11 is 0. The minimum atomic E-state index is -1.21. The number of hydrogen-bond donors (Lipinski definition) is 2. The highest BCUT2D eigenvalue weighted by Crippen LogP contribution is 2.14. The van der Waals surface area contributed by atoms with Crippen molar-refractivity contribution in [3.63, 3.8) is 0 Å². The van der Waals surface area contributed by atoms with Crippen LogP contribution in [0.1, 0.15) is 15.9 Å². The summed E-state index contributed by atoms with van der Waals surface area (Å²) in [7, 11) is 0. The second-order valence-corrected chi connectivity index (χ2v) is 4.20. The van der Waals surface area contributed by atoms with Gasteiger partial charge in [-0.3, -0.25) is 9.78 Å². The highest BCUT2D eigenvalue weighted by atomic mass is 19.2. The molecule has 21 heavy (non-hydrogen) atoms. The molecule has 2 aromatic rings. The first kappa shape index (κ1) is 14.6. The van der Waals surface area contributed by atoms with Crippen molar-refractivity contribution in [2.75, 3.05) is 5.32 Å². The van der Waals surface area contributed by atoms with Crippen LogP contribution in [0.5, 0.6) is 0 Å². The summed E-state index contributed by atoms with van der Waals surface area (Å²) in [4.78, 5) is 26.5. The fourth-order valence-corrected chi connectivity index (χ4v) is 1.71. The average molecular weight is 292 g/mol. The lowest BCUT2D eigenvalue weighted by atomic mass is 10.1. The molecule has 0 saturated carbocycles. The summed E-state index contributed by atoms with van der Waals surface area (Å²) in [6.07, 6.45) is 2.27. The summed E-state index contributed by atoms with van der Waals surface area (Å²) in [6.45, 7) is 0. The Morgan fingerprint density at radius 1 is 1.19 bits per heavy atom. The smallest absolute Gasteiger partial charge is 0.337 e. The van der Waals surface area contributed by atoms with Gasteiger partial charge in [0.25, 0.3) is 0 Å². The van der Waals surface area contributed by atoms with Gasteiger partial charge in [-0.1, -0.05) is 6.07 Å². The number of hydrogen-bond acceptors (Lipinski definition) is 3. The molecule has 2 N–H and O–H groups in total. The highest BCUT2D eigenvalue weighted by molar-refractivity contribution is 6.00. The lowest BCUT2D eigenvalue weighted by Gasteiger charge is -2.08. The van der Waals surface area contributed by atoms with Gasteiger partial charge in [-0.2, -0.15) is 0 Å². The van der Waals surface area contributed by atoms with Crippen LogP contribution in [-0.4, -0.2) is 22.0 Å². The molecule has 1 heterocycles. The quantitative estimate of drug-likeness (QED) is 0.905. The van der Waals surface area contributed by atoms with Crippen molar-refractivity contribution >= 4 is 17.6 Å². The molecule has 0 atom stereocenters. The van der Waals surface area contributed by atoms with E-state index in [1.54, 1.807) is 0 Å². The van der Waals surface area contributed by atoms with Crippen LogP contribution in [0.2, 0.25) is 0 Å². The number of anilines is 1. The molecule has 0 bridgehead atoms. The van der Waals surface area contributed by atoms with Crippen molar-refractivity contribution < 1.29 is 23.5 Å². The molecule has 0 aliphatic rings. The van der Waals surface area contributed by atoms with E-state index < -0.39 is 23.5 Å². The Kier molecular flexibility index (Phi) is 4.22. The summed E-state index contributed by atoms with van der Waals surface area (Å²) < 4.78 is 25.8. The van der Waals surface area contributed by atoms with E-state index >= 15 is 0 Å². The molecule has 1 aromatic carbocycles. The monoisotopic (exact) mass is 292 g/mol. The normalized spacial score (nSPS) is 10.2. The van der Waals surface area contributed by atoms with Gasteiger partial charge in [0.15, 0.2) is 11.6 Å². The molecule has 0 aliphatic carbocycles. The zero-order valence-electron chi connectivity index (χ0n) is 10.6. The number of halogens is 2. The molecule has 5 nitrogen and oxygen atoms in total. The fourth-order valence-electron chi connectivity index (χ4n) is 1.71. The van der Waals surface area contributed by atoms with Crippen molar-refractivity contribution in [1.29, 1.82) is 0 Å². The zero-order valence-corrected chi connectivity index (χ0v) is 10.6. The van der Waals surface area contributed by atoms with E-state index in [2.05, 4.69) is 10.3 Å². The molecule has 108 valence electrons. The van der Waals surface area contributed by atoms with Gasteiger partial charge >= 0.3 is 5.97 Å². The summed E-state index contributed by atoms with van der Waals surface area (Å²) in [5, 5.41) is 11.3. The number of aromatic carboxylic acids is 1. The van der Waals surface area contributed by atoms with Gasteiger partial charge in [0.05, 0.1) is 23.9 Å². The molecular formula is C14H10F2N2O3. The largest absolute Gasteiger partial charge is 0.478 e. The van der Waals surface area contributed by atoms with Gasteiger partial charge in [-0.25, -0.2) is 13.6 Å². The molecule has 2 rings (SSSR count). The van der Waals surface area contributed by atoms with E-state index in [0.29, 0.717) is 0 Å². The first-order valence-corrected chi connectivity index (χ1v) is 5.88. The molecule has 7 heteroatoms. The molecule has 0 spiro atoms. The number of rotatable bonds is 4. The van der Waals surface area contributed by atoms with Crippen molar-refractivity contribution in [3.05, 3.63) is 59.4 Å². The third-order valence-corrected chi connectivity index (χ3v) is 2.67. The fraction of sp³-hybridized carbons (Fsp3) is 0.0714. The molecule has 1 amide bonds. The molecule has 0 saturated heterocycles. The Morgan fingerprint density at radius 3 is 2.62 bits per heavy atom. The van der Waals surface area contributed by atoms with E-state index in [-0.39, 0.29) is 23.2 Å². The van der Waals surface area contributed by atoms with Gasteiger partial charge in [0.1, 0.15) is 0 Å². The zero-order chi connectivity index (χ0) is 15.4. The lowest BCUT2D eigenvalue weighted by molar-refractivity contribution is -0.115. The molecule has 0 unspecified atom stereocenters. The number of aromatic nitrogens is 1. The Labute approximate surface area is 118 Å². The lowest BCUT2D eigenvalue weighted by Crippen LogP contribution is -2.17. The Bertz CT molecular complexity index is 704. The SMILES string of the molecule is O=C(Cc1ccc(F)c(F)c1)Nc1cnccc1C(=O)O. The standard InChI is InChI=1S/C14H10F2N2O3/c15-10-2-1-8(5-11(10)16)6-13(19)18-12-7-17-4-3-9(12)14(20)21/h1-5,7H,6H2,(H,18,19)(H,20,21). The predicted molar refractivity (Wildman–Crippen MR) is 69.9 cm³/mol. The van der Waals surface area contributed by atoms with Crippen LogP contribution < -0.4 is 5.32 Å². The predicted octanol–water partition coefficient (Wildman–Crippen LogP) is 2.24. The first-order valence-electron chi connectivity index (χ1n) is 5.88. The van der Waals surface area contributed by atoms with E-state index in [0.717, 1.165) is 12.1 Å². The number of amides is 1. The van der Waals surface area contributed by atoms with Crippen LogP contribution in [0.4, 0.5) is 14.5 Å². The van der Waals surface area contributed by atoms with Crippen LogP contribution in [0.25, 0.3) is 0 Å². The number of carbonyl (C=O) groups excluding carboxylic acids is 1. The van der Waals surface area contributed by atoms with E-state index in [4.69, 9.17) is 5.11 Å². The van der Waals surface area contributed by atoms with Crippen LogP contribution in [0.3, 0.4) is 0 Å². The van der Waals surface area contributed by atoms with Gasteiger partial charge in [0, 0.05) is 6.20 Å². The van der Waals surface area contributed by atoms with Crippen molar-refractivity contribution in [1.82, 2.24) is 4.98 Å². The minimum absolute atomic E-state index is 0.0394. The van der Waals surface area contributed by atoms with Gasteiger partial charge < -0.3 is 10.4 Å².